The highest BCUT2D eigenvalue weighted by Crippen LogP contribution is 2.52. The molecule has 0 bridgehead atoms. The predicted octanol–water partition coefficient (Wildman–Crippen LogP) is 0.772. The Balaban J connectivity index is 1.83. The smallest absolute Gasteiger partial charge is 0.315 e. The minimum atomic E-state index is -1.03. The standard InChI is InChI=1S/C25H42N6O5S2/c1-23(2,3)17(29-22(36)30-24(4,5)6)21(35)31-13-25(37-9-10-38-25)12-16(31)20(34)28-15(18(26)32)11-14-7-8-27-19(14)33/h14-17H,7-13H2,1-6H3,(H2,26,32)(H,27,33)(H,28,34)(H2,29,30,36)/t14-,15-,16-,17+/m0/s1. The monoisotopic (exact) mass is 570 g/mol. The first-order valence-electron chi connectivity index (χ1n) is 13.1. The molecule has 0 radical (unpaired) electrons. The van der Waals surface area contributed by atoms with Crippen LogP contribution in [0, 0.1) is 11.3 Å². The highest BCUT2D eigenvalue weighted by molar-refractivity contribution is 8.21. The Morgan fingerprint density at radius 3 is 2.24 bits per heavy atom. The van der Waals surface area contributed by atoms with E-state index >= 15 is 0 Å². The van der Waals surface area contributed by atoms with E-state index in [1.54, 1.807) is 28.4 Å². The maximum atomic E-state index is 14.0. The Hall–Kier alpha value is -2.15. The van der Waals surface area contributed by atoms with E-state index in [1.165, 1.54) is 0 Å². The summed E-state index contributed by atoms with van der Waals surface area (Å²) in [7, 11) is 0. The van der Waals surface area contributed by atoms with Crippen molar-refractivity contribution < 1.29 is 24.0 Å². The molecular formula is C25H42N6O5S2. The number of primary amides is 1. The summed E-state index contributed by atoms with van der Waals surface area (Å²) in [6.45, 7) is 12.0. The number of nitrogens with zero attached hydrogens (tertiary/aromatic N) is 1. The van der Waals surface area contributed by atoms with Gasteiger partial charge in [-0.25, -0.2) is 4.79 Å². The minimum Gasteiger partial charge on any atom is -0.368 e. The molecule has 214 valence electrons. The van der Waals surface area contributed by atoms with Gasteiger partial charge in [-0.3, -0.25) is 19.2 Å². The zero-order valence-corrected chi connectivity index (χ0v) is 24.8. The topological polar surface area (TPSA) is 163 Å². The normalized spacial score (nSPS) is 24.6. The van der Waals surface area contributed by atoms with Crippen molar-refractivity contribution in [3.63, 3.8) is 0 Å². The average molecular weight is 571 g/mol. The molecular weight excluding hydrogens is 528 g/mol. The van der Waals surface area contributed by atoms with Gasteiger partial charge in [0, 0.05) is 42.5 Å². The third-order valence-corrected chi connectivity index (χ3v) is 10.3. The Labute approximate surface area is 233 Å². The molecule has 6 amide bonds. The van der Waals surface area contributed by atoms with Crippen LogP contribution in [0.5, 0.6) is 0 Å². The van der Waals surface area contributed by atoms with Gasteiger partial charge in [0.1, 0.15) is 18.1 Å². The van der Waals surface area contributed by atoms with Gasteiger partial charge in [0.05, 0.1) is 4.08 Å². The number of carbonyl (C=O) groups excluding carboxylic acids is 5. The van der Waals surface area contributed by atoms with Crippen LogP contribution in [0.4, 0.5) is 4.79 Å². The van der Waals surface area contributed by atoms with Crippen LogP contribution in [-0.4, -0.2) is 86.9 Å². The van der Waals surface area contributed by atoms with Crippen LogP contribution < -0.4 is 27.0 Å². The molecule has 0 unspecified atom stereocenters. The Bertz CT molecular complexity index is 957. The molecule has 0 aromatic heterocycles. The van der Waals surface area contributed by atoms with E-state index in [4.69, 9.17) is 5.73 Å². The van der Waals surface area contributed by atoms with Crippen LogP contribution in [-0.2, 0) is 19.2 Å². The van der Waals surface area contributed by atoms with Crippen molar-refractivity contribution in [2.45, 2.75) is 88.5 Å². The quantitative estimate of drug-likeness (QED) is 0.302. The molecule has 38 heavy (non-hydrogen) atoms. The maximum Gasteiger partial charge on any atom is 0.315 e. The Morgan fingerprint density at radius 1 is 1.11 bits per heavy atom. The highest BCUT2D eigenvalue weighted by atomic mass is 32.2. The maximum absolute atomic E-state index is 14.0. The number of hydrogen-bond acceptors (Lipinski definition) is 7. The van der Waals surface area contributed by atoms with Crippen molar-refractivity contribution in [1.29, 1.82) is 0 Å². The number of urea groups is 1. The summed E-state index contributed by atoms with van der Waals surface area (Å²) in [6.07, 6.45) is 1.10. The van der Waals surface area contributed by atoms with Gasteiger partial charge >= 0.3 is 6.03 Å². The summed E-state index contributed by atoms with van der Waals surface area (Å²) < 4.78 is -0.332. The number of nitrogens with two attached hydrogens (primary N) is 1. The van der Waals surface area contributed by atoms with Crippen LogP contribution in [0.2, 0.25) is 0 Å². The fraction of sp³-hybridized carbons (Fsp3) is 0.800. The van der Waals surface area contributed by atoms with E-state index in [0.29, 0.717) is 25.9 Å². The second kappa shape index (κ2) is 11.5. The van der Waals surface area contributed by atoms with Gasteiger partial charge in [-0.2, -0.15) is 0 Å². The second-order valence-corrected chi connectivity index (χ2v) is 15.6. The van der Waals surface area contributed by atoms with Gasteiger partial charge in [0.25, 0.3) is 0 Å². The fourth-order valence-corrected chi connectivity index (χ4v) is 8.26. The van der Waals surface area contributed by atoms with Crippen molar-refractivity contribution >= 4 is 53.2 Å². The van der Waals surface area contributed by atoms with E-state index < -0.39 is 52.8 Å². The lowest BCUT2D eigenvalue weighted by molar-refractivity contribution is -0.142. The van der Waals surface area contributed by atoms with Crippen LogP contribution >= 0.6 is 23.5 Å². The summed E-state index contributed by atoms with van der Waals surface area (Å²) in [4.78, 5) is 66.2. The molecule has 0 aromatic rings. The molecule has 0 aromatic carbocycles. The lowest BCUT2D eigenvalue weighted by atomic mass is 9.85. The Morgan fingerprint density at radius 2 is 1.74 bits per heavy atom. The van der Waals surface area contributed by atoms with Crippen LogP contribution in [0.25, 0.3) is 0 Å². The Kier molecular flexibility index (Phi) is 9.22. The van der Waals surface area contributed by atoms with Gasteiger partial charge in [-0.05, 0) is 39.0 Å². The number of likely N-dealkylation sites (tertiary alicyclic amines) is 1. The molecule has 3 aliphatic heterocycles. The van der Waals surface area contributed by atoms with Crippen LogP contribution in [0.3, 0.4) is 0 Å². The summed E-state index contributed by atoms with van der Waals surface area (Å²) in [5.74, 6) is -0.283. The number of amides is 6. The molecule has 3 saturated heterocycles. The molecule has 0 aliphatic carbocycles. The molecule has 1 spiro atoms. The van der Waals surface area contributed by atoms with Crippen molar-refractivity contribution in [3.8, 4) is 0 Å². The number of thioether (sulfide) groups is 2. The lowest BCUT2D eigenvalue weighted by Crippen LogP contribution is -2.61. The fourth-order valence-electron chi connectivity index (χ4n) is 5.00. The van der Waals surface area contributed by atoms with E-state index in [0.717, 1.165) is 11.5 Å². The van der Waals surface area contributed by atoms with Gasteiger partial charge in [0.15, 0.2) is 0 Å². The van der Waals surface area contributed by atoms with E-state index in [-0.39, 0.29) is 22.3 Å². The lowest BCUT2D eigenvalue weighted by Gasteiger charge is -2.36. The first-order chi connectivity index (χ1) is 17.5. The summed E-state index contributed by atoms with van der Waals surface area (Å²) in [5.41, 5.74) is 4.47. The zero-order chi connectivity index (χ0) is 28.5. The zero-order valence-electron chi connectivity index (χ0n) is 23.1. The third kappa shape index (κ3) is 7.49. The van der Waals surface area contributed by atoms with Gasteiger partial charge in [0.2, 0.25) is 23.6 Å². The first kappa shape index (κ1) is 30.4. The average Bonchev–Trinajstić information content (AvgIpc) is 3.50. The van der Waals surface area contributed by atoms with Crippen molar-refractivity contribution in [2.75, 3.05) is 24.6 Å². The van der Waals surface area contributed by atoms with E-state index in [9.17, 15) is 24.0 Å². The third-order valence-electron chi connectivity index (χ3n) is 6.91. The number of hydrogen-bond donors (Lipinski definition) is 5. The predicted molar refractivity (Wildman–Crippen MR) is 149 cm³/mol. The van der Waals surface area contributed by atoms with E-state index in [1.807, 2.05) is 41.5 Å². The van der Waals surface area contributed by atoms with Crippen molar-refractivity contribution in [1.82, 2.24) is 26.2 Å². The van der Waals surface area contributed by atoms with Crippen LogP contribution in [0.15, 0.2) is 0 Å². The molecule has 3 heterocycles. The summed E-state index contributed by atoms with van der Waals surface area (Å²) >= 11 is 3.46. The summed E-state index contributed by atoms with van der Waals surface area (Å²) in [6, 6.07) is -3.21. The van der Waals surface area contributed by atoms with Crippen molar-refractivity contribution in [2.24, 2.45) is 17.1 Å². The van der Waals surface area contributed by atoms with Crippen molar-refractivity contribution in [3.05, 3.63) is 0 Å². The first-order valence-corrected chi connectivity index (χ1v) is 15.0. The second-order valence-electron chi connectivity index (χ2n) is 12.4. The molecule has 0 saturated carbocycles. The molecule has 13 heteroatoms. The number of rotatable bonds is 7. The molecule has 4 atom stereocenters. The van der Waals surface area contributed by atoms with Crippen LogP contribution in [0.1, 0.15) is 60.8 Å². The van der Waals surface area contributed by atoms with Gasteiger partial charge < -0.3 is 31.9 Å². The minimum absolute atomic E-state index is 0.112. The number of nitrogens with one attached hydrogen (secondary N) is 4. The molecule has 11 nitrogen and oxygen atoms in total. The molecule has 3 rings (SSSR count). The van der Waals surface area contributed by atoms with E-state index in [2.05, 4.69) is 21.3 Å². The van der Waals surface area contributed by atoms with Gasteiger partial charge in [-0.1, -0.05) is 20.8 Å². The molecule has 3 aliphatic rings. The largest absolute Gasteiger partial charge is 0.368 e. The SMILES string of the molecule is CC(C)(C)NC(=O)N[C@H](C(=O)N1CC2(C[C@H]1C(=O)N[C@@H](C[C@@H]1CCNC1=O)C(N)=O)SCCS2)C(C)(C)C. The number of carbonyl (C=O) groups is 5. The molecule has 3 fully saturated rings. The molecule has 6 N–H and O–H groups in total. The van der Waals surface area contributed by atoms with Gasteiger partial charge in [-0.15, -0.1) is 23.5 Å². The summed E-state index contributed by atoms with van der Waals surface area (Å²) in [5, 5.41) is 11.1. The highest BCUT2D eigenvalue weighted by Gasteiger charge is 2.53.